The van der Waals surface area contributed by atoms with Crippen LogP contribution in [0.3, 0.4) is 0 Å². The maximum atomic E-state index is 6.46. The minimum Gasteiger partial charge on any atom is -0.490 e. The molecule has 2 unspecified atom stereocenters. The standard InChI is InChI=1S/C18H27NO/c1-13-10-16-12-15(8-9-18(16)20-13)17(19)11-14-6-4-2-3-5-7-14/h8-9,12-14,17H,2-7,10-11,19H2,1H3. The molecule has 1 aliphatic carbocycles. The van der Waals surface area contributed by atoms with Gasteiger partial charge in [0.1, 0.15) is 11.9 Å². The van der Waals surface area contributed by atoms with Gasteiger partial charge in [-0.1, -0.05) is 50.7 Å². The SMILES string of the molecule is CC1Cc2cc(C(N)CC3CCCCCC3)ccc2O1. The Morgan fingerprint density at radius 1 is 1.20 bits per heavy atom. The van der Waals surface area contributed by atoms with E-state index in [-0.39, 0.29) is 6.04 Å². The van der Waals surface area contributed by atoms with Crippen molar-refractivity contribution in [3.8, 4) is 5.75 Å². The van der Waals surface area contributed by atoms with Crippen LogP contribution in [0.2, 0.25) is 0 Å². The van der Waals surface area contributed by atoms with Gasteiger partial charge in [0.25, 0.3) is 0 Å². The van der Waals surface area contributed by atoms with Gasteiger partial charge in [0.05, 0.1) is 0 Å². The molecule has 1 saturated carbocycles. The Bertz CT molecular complexity index is 449. The summed E-state index contributed by atoms with van der Waals surface area (Å²) in [6.45, 7) is 2.13. The van der Waals surface area contributed by atoms with Crippen LogP contribution in [0.5, 0.6) is 5.75 Å². The zero-order chi connectivity index (χ0) is 13.9. The largest absolute Gasteiger partial charge is 0.490 e. The second kappa shape index (κ2) is 6.17. The molecule has 2 nitrogen and oxygen atoms in total. The molecule has 1 heterocycles. The van der Waals surface area contributed by atoms with Crippen molar-refractivity contribution in [2.75, 3.05) is 0 Å². The molecule has 0 bridgehead atoms. The molecule has 1 fully saturated rings. The van der Waals surface area contributed by atoms with Crippen LogP contribution in [0.15, 0.2) is 18.2 Å². The normalized spacial score (nSPS) is 24.8. The molecule has 2 atom stereocenters. The minimum absolute atomic E-state index is 0.194. The van der Waals surface area contributed by atoms with Crippen molar-refractivity contribution in [1.29, 1.82) is 0 Å². The molecule has 1 aliphatic heterocycles. The minimum atomic E-state index is 0.194. The van der Waals surface area contributed by atoms with Crippen LogP contribution in [0.4, 0.5) is 0 Å². The fraction of sp³-hybridized carbons (Fsp3) is 0.667. The quantitative estimate of drug-likeness (QED) is 0.830. The molecule has 0 saturated heterocycles. The topological polar surface area (TPSA) is 35.2 Å². The van der Waals surface area contributed by atoms with Gasteiger partial charge in [-0.05, 0) is 36.5 Å². The number of hydrogen-bond donors (Lipinski definition) is 1. The molecule has 0 aromatic heterocycles. The van der Waals surface area contributed by atoms with Crippen LogP contribution < -0.4 is 10.5 Å². The number of fused-ring (bicyclic) bond motifs is 1. The van der Waals surface area contributed by atoms with Crippen molar-refractivity contribution in [1.82, 2.24) is 0 Å². The summed E-state index contributed by atoms with van der Waals surface area (Å²) >= 11 is 0. The van der Waals surface area contributed by atoms with Gasteiger partial charge in [-0.3, -0.25) is 0 Å². The second-order valence-electron chi connectivity index (χ2n) is 6.70. The molecule has 20 heavy (non-hydrogen) atoms. The van der Waals surface area contributed by atoms with Gasteiger partial charge in [-0.15, -0.1) is 0 Å². The first-order chi connectivity index (χ1) is 9.72. The lowest BCUT2D eigenvalue weighted by molar-refractivity contribution is 0.254. The van der Waals surface area contributed by atoms with Gasteiger partial charge in [0, 0.05) is 12.5 Å². The van der Waals surface area contributed by atoms with E-state index in [2.05, 4.69) is 25.1 Å². The van der Waals surface area contributed by atoms with Crippen molar-refractivity contribution >= 4 is 0 Å². The van der Waals surface area contributed by atoms with Gasteiger partial charge in [0.15, 0.2) is 0 Å². The van der Waals surface area contributed by atoms with Crippen molar-refractivity contribution < 1.29 is 4.74 Å². The summed E-state index contributed by atoms with van der Waals surface area (Å²) in [7, 11) is 0. The van der Waals surface area contributed by atoms with E-state index in [0.717, 1.165) is 24.5 Å². The first-order valence-corrected chi connectivity index (χ1v) is 8.27. The molecule has 3 rings (SSSR count). The third-order valence-electron chi connectivity index (χ3n) is 4.91. The van der Waals surface area contributed by atoms with Gasteiger partial charge in [-0.25, -0.2) is 0 Å². The lowest BCUT2D eigenvalue weighted by Crippen LogP contribution is -2.15. The highest BCUT2D eigenvalue weighted by Gasteiger charge is 2.21. The van der Waals surface area contributed by atoms with Gasteiger partial charge >= 0.3 is 0 Å². The molecule has 1 aromatic rings. The summed E-state index contributed by atoms with van der Waals surface area (Å²) in [5.74, 6) is 1.89. The Morgan fingerprint density at radius 2 is 1.95 bits per heavy atom. The lowest BCUT2D eigenvalue weighted by Gasteiger charge is -2.20. The van der Waals surface area contributed by atoms with E-state index in [1.807, 2.05) is 0 Å². The Morgan fingerprint density at radius 3 is 2.70 bits per heavy atom. The van der Waals surface area contributed by atoms with E-state index >= 15 is 0 Å². The fourth-order valence-electron chi connectivity index (χ4n) is 3.77. The number of rotatable bonds is 3. The zero-order valence-electron chi connectivity index (χ0n) is 12.6. The predicted molar refractivity (Wildman–Crippen MR) is 83.0 cm³/mol. The second-order valence-corrected chi connectivity index (χ2v) is 6.70. The molecule has 0 radical (unpaired) electrons. The fourth-order valence-corrected chi connectivity index (χ4v) is 3.77. The molecular formula is C18H27NO. The highest BCUT2D eigenvalue weighted by Crippen LogP contribution is 2.34. The third-order valence-corrected chi connectivity index (χ3v) is 4.91. The lowest BCUT2D eigenvalue weighted by atomic mass is 9.89. The molecule has 2 N–H and O–H groups in total. The van der Waals surface area contributed by atoms with Crippen molar-refractivity contribution in [3.05, 3.63) is 29.3 Å². The first kappa shape index (κ1) is 13.9. The van der Waals surface area contributed by atoms with Crippen molar-refractivity contribution in [2.45, 2.75) is 70.4 Å². The zero-order valence-corrected chi connectivity index (χ0v) is 12.6. The monoisotopic (exact) mass is 273 g/mol. The molecule has 0 amide bonds. The number of nitrogens with two attached hydrogens (primary N) is 1. The van der Waals surface area contributed by atoms with E-state index in [1.54, 1.807) is 0 Å². The van der Waals surface area contributed by atoms with E-state index in [4.69, 9.17) is 10.5 Å². The summed E-state index contributed by atoms with van der Waals surface area (Å²) in [6.07, 6.45) is 10.9. The van der Waals surface area contributed by atoms with Gasteiger partial charge in [-0.2, -0.15) is 0 Å². The summed E-state index contributed by atoms with van der Waals surface area (Å²) in [6, 6.07) is 6.75. The summed E-state index contributed by atoms with van der Waals surface area (Å²) < 4.78 is 5.77. The van der Waals surface area contributed by atoms with Crippen LogP contribution >= 0.6 is 0 Å². The van der Waals surface area contributed by atoms with E-state index in [0.29, 0.717) is 6.10 Å². The van der Waals surface area contributed by atoms with Crippen molar-refractivity contribution in [3.63, 3.8) is 0 Å². The van der Waals surface area contributed by atoms with Crippen LogP contribution in [-0.2, 0) is 6.42 Å². The maximum absolute atomic E-state index is 6.46. The third kappa shape index (κ3) is 3.17. The Balaban J connectivity index is 1.65. The number of hydrogen-bond acceptors (Lipinski definition) is 2. The number of ether oxygens (including phenoxy) is 1. The highest BCUT2D eigenvalue weighted by molar-refractivity contribution is 5.41. The first-order valence-electron chi connectivity index (χ1n) is 8.27. The van der Waals surface area contributed by atoms with Crippen LogP contribution in [0, 0.1) is 5.92 Å². The number of benzene rings is 1. The molecule has 0 spiro atoms. The molecule has 1 aromatic carbocycles. The van der Waals surface area contributed by atoms with E-state index < -0.39 is 0 Å². The summed E-state index contributed by atoms with van der Waals surface area (Å²) in [5.41, 5.74) is 9.10. The van der Waals surface area contributed by atoms with E-state index in [1.165, 1.54) is 49.7 Å². The predicted octanol–water partition coefficient (Wildman–Crippen LogP) is 4.37. The Labute approximate surface area is 122 Å². The average molecular weight is 273 g/mol. The summed E-state index contributed by atoms with van der Waals surface area (Å²) in [5, 5.41) is 0. The van der Waals surface area contributed by atoms with Crippen LogP contribution in [-0.4, -0.2) is 6.10 Å². The van der Waals surface area contributed by atoms with Crippen molar-refractivity contribution in [2.24, 2.45) is 11.7 Å². The van der Waals surface area contributed by atoms with Crippen LogP contribution in [0.1, 0.15) is 69.0 Å². The van der Waals surface area contributed by atoms with E-state index in [9.17, 15) is 0 Å². The molecule has 2 aliphatic rings. The molecule has 110 valence electrons. The van der Waals surface area contributed by atoms with Gasteiger partial charge < -0.3 is 10.5 Å². The summed E-state index contributed by atoms with van der Waals surface area (Å²) in [4.78, 5) is 0. The maximum Gasteiger partial charge on any atom is 0.123 e. The molecular weight excluding hydrogens is 246 g/mol. The van der Waals surface area contributed by atoms with Gasteiger partial charge in [0.2, 0.25) is 0 Å². The smallest absolute Gasteiger partial charge is 0.123 e. The Hall–Kier alpha value is -1.02. The molecule has 2 heteroatoms. The van der Waals surface area contributed by atoms with Crippen LogP contribution in [0.25, 0.3) is 0 Å². The average Bonchev–Trinajstić information content (AvgIpc) is 2.62. The highest BCUT2D eigenvalue weighted by atomic mass is 16.5. The Kier molecular flexibility index (Phi) is 4.30.